The van der Waals surface area contributed by atoms with Crippen molar-refractivity contribution in [3.63, 3.8) is 0 Å². The van der Waals surface area contributed by atoms with Crippen molar-refractivity contribution in [3.8, 4) is 0 Å². The second-order valence-corrected chi connectivity index (χ2v) is 4.59. The Bertz CT molecular complexity index is 584. The number of carbonyl (C=O) groups excluding carboxylic acids is 1. The minimum Gasteiger partial charge on any atom is -0.318 e. The van der Waals surface area contributed by atoms with Crippen LogP contribution in [0.1, 0.15) is 23.4 Å². The second-order valence-electron chi connectivity index (χ2n) is 3.51. The fourth-order valence-electron chi connectivity index (χ4n) is 1.33. The maximum absolute atomic E-state index is 13.3. The number of hydrogen-bond donors (Lipinski definition) is 2. The number of halogens is 2. The molecule has 0 saturated heterocycles. The third-order valence-corrected chi connectivity index (χ3v) is 3.37. The molecule has 94 valence electrons. The number of nitrogens with zero attached hydrogens (tertiary/aromatic N) is 2. The molecule has 0 bridgehead atoms. The lowest BCUT2D eigenvalue weighted by Gasteiger charge is -2.05. The fraction of sp³-hybridized carbons (Fsp3) is 0.182. The van der Waals surface area contributed by atoms with Gasteiger partial charge < -0.3 is 5.32 Å². The highest BCUT2D eigenvalue weighted by atomic mass is 127. The molecular weight excluding hydrogens is 350 g/mol. The first-order valence-corrected chi connectivity index (χ1v) is 6.36. The van der Waals surface area contributed by atoms with Gasteiger partial charge in [-0.05, 0) is 34.7 Å². The largest absolute Gasteiger partial charge is 0.318 e. The van der Waals surface area contributed by atoms with Gasteiger partial charge in [0, 0.05) is 6.42 Å². The SMILES string of the molecule is CCc1nc(C(=O)Nc2cccc(F)c2I)n[nH]1. The molecule has 0 fully saturated rings. The van der Waals surface area contributed by atoms with Crippen LogP contribution in [0.15, 0.2) is 18.2 Å². The van der Waals surface area contributed by atoms with Gasteiger partial charge in [-0.1, -0.05) is 13.0 Å². The molecule has 2 rings (SSSR count). The summed E-state index contributed by atoms with van der Waals surface area (Å²) < 4.78 is 13.7. The number of hydrogen-bond acceptors (Lipinski definition) is 3. The van der Waals surface area contributed by atoms with E-state index in [2.05, 4.69) is 20.5 Å². The molecule has 18 heavy (non-hydrogen) atoms. The number of rotatable bonds is 3. The van der Waals surface area contributed by atoms with E-state index in [1.807, 2.05) is 29.5 Å². The lowest BCUT2D eigenvalue weighted by atomic mass is 10.3. The summed E-state index contributed by atoms with van der Waals surface area (Å²) in [7, 11) is 0. The number of anilines is 1. The van der Waals surface area contributed by atoms with Gasteiger partial charge in [0.05, 0.1) is 9.26 Å². The zero-order valence-corrected chi connectivity index (χ0v) is 11.7. The molecular formula is C11H10FIN4O. The van der Waals surface area contributed by atoms with E-state index in [9.17, 15) is 9.18 Å². The van der Waals surface area contributed by atoms with Crippen molar-refractivity contribution in [1.82, 2.24) is 15.2 Å². The molecule has 0 atom stereocenters. The van der Waals surface area contributed by atoms with E-state index >= 15 is 0 Å². The Balaban J connectivity index is 2.18. The van der Waals surface area contributed by atoms with Crippen LogP contribution in [0.4, 0.5) is 10.1 Å². The van der Waals surface area contributed by atoms with E-state index in [4.69, 9.17) is 0 Å². The number of carbonyl (C=O) groups is 1. The highest BCUT2D eigenvalue weighted by Gasteiger charge is 2.14. The molecule has 2 N–H and O–H groups in total. The van der Waals surface area contributed by atoms with Gasteiger partial charge in [0.15, 0.2) is 0 Å². The van der Waals surface area contributed by atoms with Gasteiger partial charge in [-0.2, -0.15) is 0 Å². The average Bonchev–Trinajstić information content (AvgIpc) is 2.83. The van der Waals surface area contributed by atoms with Crippen LogP contribution in [0.25, 0.3) is 0 Å². The fourth-order valence-corrected chi connectivity index (χ4v) is 1.83. The van der Waals surface area contributed by atoms with Crippen LogP contribution >= 0.6 is 22.6 Å². The summed E-state index contributed by atoms with van der Waals surface area (Å²) >= 11 is 1.83. The third kappa shape index (κ3) is 2.66. The molecule has 1 heterocycles. The number of amides is 1. The van der Waals surface area contributed by atoms with Crippen LogP contribution in [0, 0.1) is 9.39 Å². The molecule has 1 aromatic heterocycles. The topological polar surface area (TPSA) is 70.7 Å². The van der Waals surface area contributed by atoms with Crippen LogP contribution < -0.4 is 5.32 Å². The van der Waals surface area contributed by atoms with Crippen molar-refractivity contribution in [2.45, 2.75) is 13.3 Å². The smallest absolute Gasteiger partial charge is 0.295 e. The second kappa shape index (κ2) is 5.42. The number of nitrogens with one attached hydrogen (secondary N) is 2. The predicted molar refractivity (Wildman–Crippen MR) is 72.8 cm³/mol. The Morgan fingerprint density at radius 2 is 2.33 bits per heavy atom. The van der Waals surface area contributed by atoms with Gasteiger partial charge in [-0.15, -0.1) is 5.10 Å². The van der Waals surface area contributed by atoms with E-state index in [1.54, 1.807) is 6.07 Å². The van der Waals surface area contributed by atoms with Crippen molar-refractivity contribution in [2.24, 2.45) is 0 Å². The Morgan fingerprint density at radius 1 is 1.56 bits per heavy atom. The van der Waals surface area contributed by atoms with Gasteiger partial charge in [0.2, 0.25) is 5.82 Å². The Hall–Kier alpha value is -1.51. The zero-order valence-electron chi connectivity index (χ0n) is 9.50. The number of aryl methyl sites for hydroxylation is 1. The maximum Gasteiger partial charge on any atom is 0.295 e. The summed E-state index contributed by atoms with van der Waals surface area (Å²) in [6.45, 7) is 1.90. The molecule has 7 heteroatoms. The van der Waals surface area contributed by atoms with E-state index in [0.29, 0.717) is 21.5 Å². The molecule has 1 aromatic carbocycles. The Morgan fingerprint density at radius 3 is 3.00 bits per heavy atom. The minimum atomic E-state index is -0.463. The summed E-state index contributed by atoms with van der Waals surface area (Å²) in [5.41, 5.74) is 0.406. The lowest BCUT2D eigenvalue weighted by molar-refractivity contribution is 0.101. The van der Waals surface area contributed by atoms with E-state index < -0.39 is 5.91 Å². The van der Waals surface area contributed by atoms with Crippen molar-refractivity contribution in [2.75, 3.05) is 5.32 Å². The average molecular weight is 360 g/mol. The standard InChI is InChI=1S/C11H10FIN4O/c1-2-8-15-10(17-16-8)11(18)14-7-5-3-4-6(12)9(7)13/h3-5H,2H2,1H3,(H,14,18)(H,15,16,17). The van der Waals surface area contributed by atoms with Crippen LogP contribution in [0.5, 0.6) is 0 Å². The number of H-pyrrole nitrogens is 1. The van der Waals surface area contributed by atoms with E-state index in [0.717, 1.165) is 0 Å². The summed E-state index contributed by atoms with van der Waals surface area (Å²) in [5, 5.41) is 9.01. The summed E-state index contributed by atoms with van der Waals surface area (Å²) in [6.07, 6.45) is 0.664. The molecule has 0 aliphatic carbocycles. The van der Waals surface area contributed by atoms with Gasteiger partial charge in [0.1, 0.15) is 11.6 Å². The normalized spacial score (nSPS) is 10.4. The van der Waals surface area contributed by atoms with Gasteiger partial charge >= 0.3 is 0 Å². The summed E-state index contributed by atoms with van der Waals surface area (Å²) in [4.78, 5) is 15.8. The molecule has 0 aliphatic heterocycles. The third-order valence-electron chi connectivity index (χ3n) is 2.27. The van der Waals surface area contributed by atoms with Crippen LogP contribution in [-0.4, -0.2) is 21.1 Å². The number of aromatic nitrogens is 3. The molecule has 1 amide bonds. The maximum atomic E-state index is 13.3. The van der Waals surface area contributed by atoms with Crippen molar-refractivity contribution in [1.29, 1.82) is 0 Å². The van der Waals surface area contributed by atoms with Crippen LogP contribution in [0.3, 0.4) is 0 Å². The van der Waals surface area contributed by atoms with Gasteiger partial charge in [-0.25, -0.2) is 9.37 Å². The highest BCUT2D eigenvalue weighted by Crippen LogP contribution is 2.21. The molecule has 0 aliphatic rings. The molecule has 0 spiro atoms. The highest BCUT2D eigenvalue weighted by molar-refractivity contribution is 14.1. The molecule has 0 unspecified atom stereocenters. The van der Waals surface area contributed by atoms with Crippen LogP contribution in [0.2, 0.25) is 0 Å². The first-order chi connectivity index (χ1) is 8.61. The molecule has 2 aromatic rings. The first kappa shape index (κ1) is 12.9. The summed E-state index contributed by atoms with van der Waals surface area (Å²) in [6, 6.07) is 4.48. The van der Waals surface area contributed by atoms with E-state index in [1.165, 1.54) is 12.1 Å². The quantitative estimate of drug-likeness (QED) is 0.826. The van der Waals surface area contributed by atoms with Crippen molar-refractivity contribution >= 4 is 34.2 Å². The number of benzene rings is 1. The summed E-state index contributed by atoms with van der Waals surface area (Å²) in [5.74, 6) is -0.159. The zero-order chi connectivity index (χ0) is 13.1. The molecule has 5 nitrogen and oxygen atoms in total. The number of aromatic amines is 1. The van der Waals surface area contributed by atoms with Crippen LogP contribution in [-0.2, 0) is 6.42 Å². The van der Waals surface area contributed by atoms with Crippen molar-refractivity contribution < 1.29 is 9.18 Å². The first-order valence-electron chi connectivity index (χ1n) is 5.28. The van der Waals surface area contributed by atoms with Gasteiger partial charge in [-0.3, -0.25) is 9.89 Å². The Labute approximate surface area is 116 Å². The minimum absolute atomic E-state index is 0.0481. The monoisotopic (exact) mass is 360 g/mol. The Kier molecular flexibility index (Phi) is 3.90. The molecule has 0 saturated carbocycles. The van der Waals surface area contributed by atoms with Crippen molar-refractivity contribution in [3.05, 3.63) is 39.2 Å². The van der Waals surface area contributed by atoms with Gasteiger partial charge in [0.25, 0.3) is 5.91 Å². The molecule has 0 radical (unpaired) electrons. The van der Waals surface area contributed by atoms with E-state index in [-0.39, 0.29) is 11.6 Å². The lowest BCUT2D eigenvalue weighted by Crippen LogP contribution is -2.15. The predicted octanol–water partition coefficient (Wildman–Crippen LogP) is 2.36.